The number of non-ortho nitro benzene ring substituents is 1. The Morgan fingerprint density at radius 2 is 1.85 bits per heavy atom. The van der Waals surface area contributed by atoms with Crippen molar-refractivity contribution >= 4 is 27.3 Å². The molecule has 7 nitrogen and oxygen atoms in total. The van der Waals surface area contributed by atoms with Gasteiger partial charge in [-0.05, 0) is 20.2 Å². The van der Waals surface area contributed by atoms with Crippen molar-refractivity contribution in [1.82, 2.24) is 9.21 Å². The molecule has 0 heterocycles. The summed E-state index contributed by atoms with van der Waals surface area (Å²) in [7, 11) is 1.20. The van der Waals surface area contributed by atoms with Crippen LogP contribution < -0.4 is 0 Å². The van der Waals surface area contributed by atoms with E-state index in [9.17, 15) is 18.5 Å². The first-order valence-electron chi connectivity index (χ1n) is 5.71. The molecule has 1 aromatic carbocycles. The molecule has 112 valence electrons. The van der Waals surface area contributed by atoms with Gasteiger partial charge in [-0.2, -0.15) is 4.31 Å². The molecule has 0 fully saturated rings. The number of likely N-dealkylation sites (N-methyl/N-ethyl adjacent to an activating group) is 2. The van der Waals surface area contributed by atoms with Gasteiger partial charge in [-0.15, -0.1) is 0 Å². The third-order valence-electron chi connectivity index (χ3n) is 2.68. The molecule has 0 aliphatic heterocycles. The van der Waals surface area contributed by atoms with Crippen LogP contribution in [0.5, 0.6) is 0 Å². The highest BCUT2D eigenvalue weighted by molar-refractivity contribution is 7.89. The molecule has 1 aromatic rings. The molecule has 0 aliphatic rings. The van der Waals surface area contributed by atoms with E-state index in [0.29, 0.717) is 6.54 Å². The van der Waals surface area contributed by atoms with Crippen LogP contribution in [-0.4, -0.2) is 56.8 Å². The van der Waals surface area contributed by atoms with Crippen LogP contribution in [0.15, 0.2) is 23.1 Å². The van der Waals surface area contributed by atoms with Crippen LogP contribution in [-0.2, 0) is 10.0 Å². The second-order valence-corrected chi connectivity index (χ2v) is 6.92. The molecule has 0 aromatic heterocycles. The first-order valence-corrected chi connectivity index (χ1v) is 7.53. The van der Waals surface area contributed by atoms with Gasteiger partial charge in [0.15, 0.2) is 0 Å². The van der Waals surface area contributed by atoms with Crippen molar-refractivity contribution in [3.8, 4) is 0 Å². The maximum absolute atomic E-state index is 12.3. The van der Waals surface area contributed by atoms with Crippen molar-refractivity contribution in [3.05, 3.63) is 33.3 Å². The van der Waals surface area contributed by atoms with Gasteiger partial charge in [0.05, 0.1) is 9.95 Å². The van der Waals surface area contributed by atoms with Gasteiger partial charge in [0.25, 0.3) is 5.69 Å². The Morgan fingerprint density at radius 1 is 1.25 bits per heavy atom. The Balaban J connectivity index is 3.14. The Morgan fingerprint density at radius 3 is 2.35 bits per heavy atom. The normalized spacial score (nSPS) is 12.1. The van der Waals surface area contributed by atoms with Gasteiger partial charge < -0.3 is 4.90 Å². The lowest BCUT2D eigenvalue weighted by Gasteiger charge is -2.19. The van der Waals surface area contributed by atoms with Gasteiger partial charge >= 0.3 is 0 Å². The molecule has 0 spiro atoms. The van der Waals surface area contributed by atoms with E-state index in [1.807, 2.05) is 19.0 Å². The molecule has 0 N–H and O–H groups in total. The molecule has 0 atom stereocenters. The van der Waals surface area contributed by atoms with Crippen molar-refractivity contribution < 1.29 is 13.3 Å². The van der Waals surface area contributed by atoms with Crippen LogP contribution in [0, 0.1) is 10.1 Å². The Labute approximate surface area is 122 Å². The minimum absolute atomic E-state index is 0.0349. The first kappa shape index (κ1) is 16.8. The number of hydrogen-bond donors (Lipinski definition) is 0. The van der Waals surface area contributed by atoms with Crippen LogP contribution in [0.2, 0.25) is 5.02 Å². The summed E-state index contributed by atoms with van der Waals surface area (Å²) in [6.45, 7) is 0.788. The molecule has 1 rings (SSSR count). The Hall–Kier alpha value is -1.22. The molecule has 0 saturated carbocycles. The molecule has 20 heavy (non-hydrogen) atoms. The maximum Gasteiger partial charge on any atom is 0.270 e. The number of nitro groups is 1. The predicted molar refractivity (Wildman–Crippen MR) is 76.5 cm³/mol. The van der Waals surface area contributed by atoms with Gasteiger partial charge in [-0.25, -0.2) is 8.42 Å². The second-order valence-electron chi connectivity index (χ2n) is 4.50. The van der Waals surface area contributed by atoms with Crippen LogP contribution in [0.4, 0.5) is 5.69 Å². The van der Waals surface area contributed by atoms with Crippen molar-refractivity contribution in [2.75, 3.05) is 34.2 Å². The van der Waals surface area contributed by atoms with E-state index in [1.54, 1.807) is 0 Å². The molecule has 0 unspecified atom stereocenters. The number of hydrogen-bond acceptors (Lipinski definition) is 5. The van der Waals surface area contributed by atoms with E-state index in [2.05, 4.69) is 0 Å². The number of nitro benzene ring substituents is 1. The predicted octanol–water partition coefficient (Wildman–Crippen LogP) is 1.43. The summed E-state index contributed by atoms with van der Waals surface area (Å²) < 4.78 is 25.8. The van der Waals surface area contributed by atoms with Gasteiger partial charge in [0.2, 0.25) is 10.0 Å². The number of sulfonamides is 1. The lowest BCUT2D eigenvalue weighted by atomic mass is 10.3. The highest BCUT2D eigenvalue weighted by atomic mass is 35.5. The average molecular weight is 322 g/mol. The summed E-state index contributed by atoms with van der Waals surface area (Å²) in [6, 6.07) is 3.36. The van der Waals surface area contributed by atoms with Crippen molar-refractivity contribution in [1.29, 1.82) is 0 Å². The third kappa shape index (κ3) is 3.89. The summed E-state index contributed by atoms with van der Waals surface area (Å²) in [6.07, 6.45) is 0. The molecule has 0 aliphatic carbocycles. The minimum atomic E-state index is -3.85. The van der Waals surface area contributed by atoms with E-state index in [0.717, 1.165) is 10.4 Å². The molecule has 9 heteroatoms. The molecule has 0 radical (unpaired) electrons. The maximum atomic E-state index is 12.3. The van der Waals surface area contributed by atoms with Crippen LogP contribution in [0.1, 0.15) is 0 Å². The number of nitrogens with zero attached hydrogens (tertiary/aromatic N) is 3. The van der Waals surface area contributed by atoms with Crippen molar-refractivity contribution in [2.45, 2.75) is 4.90 Å². The smallest absolute Gasteiger partial charge is 0.270 e. The van der Waals surface area contributed by atoms with E-state index < -0.39 is 14.9 Å². The molecular formula is C11H16ClN3O4S. The van der Waals surface area contributed by atoms with Crippen LogP contribution in [0.25, 0.3) is 0 Å². The number of rotatable bonds is 6. The fourth-order valence-corrected chi connectivity index (χ4v) is 3.08. The Kier molecular flexibility index (Phi) is 5.46. The lowest BCUT2D eigenvalue weighted by molar-refractivity contribution is -0.385. The van der Waals surface area contributed by atoms with E-state index >= 15 is 0 Å². The molecule has 0 saturated heterocycles. The number of benzene rings is 1. The average Bonchev–Trinajstić information content (AvgIpc) is 2.35. The Bertz CT molecular complexity index is 604. The molecular weight excluding hydrogens is 306 g/mol. The lowest BCUT2D eigenvalue weighted by Crippen LogP contribution is -2.33. The third-order valence-corrected chi connectivity index (χ3v) is 5.01. The summed E-state index contributed by atoms with van der Waals surface area (Å²) in [5, 5.41) is 10.7. The molecule has 0 bridgehead atoms. The van der Waals surface area contributed by atoms with E-state index in [-0.39, 0.29) is 22.2 Å². The largest absolute Gasteiger partial charge is 0.308 e. The number of halogens is 1. The highest BCUT2D eigenvalue weighted by Gasteiger charge is 2.25. The zero-order valence-electron chi connectivity index (χ0n) is 11.4. The monoisotopic (exact) mass is 321 g/mol. The minimum Gasteiger partial charge on any atom is -0.308 e. The standard InChI is InChI=1S/C11H16ClN3O4S/c1-13(2)6-7-14(3)20(18,19)11-8-9(15(16)17)4-5-10(11)12/h4-5,8H,6-7H2,1-3H3. The van der Waals surface area contributed by atoms with Crippen LogP contribution >= 0.6 is 11.6 Å². The van der Waals surface area contributed by atoms with E-state index in [4.69, 9.17) is 11.6 Å². The van der Waals surface area contributed by atoms with Crippen molar-refractivity contribution in [2.24, 2.45) is 0 Å². The summed E-state index contributed by atoms with van der Waals surface area (Å²) in [4.78, 5) is 11.6. The molecule has 0 amide bonds. The SMILES string of the molecule is CN(C)CCN(C)S(=O)(=O)c1cc([N+](=O)[O-])ccc1Cl. The van der Waals surface area contributed by atoms with Crippen LogP contribution in [0.3, 0.4) is 0 Å². The van der Waals surface area contributed by atoms with Gasteiger partial charge in [0.1, 0.15) is 4.90 Å². The van der Waals surface area contributed by atoms with Gasteiger partial charge in [-0.3, -0.25) is 10.1 Å². The van der Waals surface area contributed by atoms with E-state index in [1.165, 1.54) is 19.2 Å². The highest BCUT2D eigenvalue weighted by Crippen LogP contribution is 2.28. The zero-order valence-corrected chi connectivity index (χ0v) is 13.0. The van der Waals surface area contributed by atoms with Gasteiger partial charge in [0, 0.05) is 32.3 Å². The first-order chi connectivity index (χ1) is 9.16. The van der Waals surface area contributed by atoms with Gasteiger partial charge in [-0.1, -0.05) is 11.6 Å². The summed E-state index contributed by atoms with van der Waals surface area (Å²) in [5.41, 5.74) is -0.311. The fraction of sp³-hybridized carbons (Fsp3) is 0.455. The zero-order chi connectivity index (χ0) is 15.5. The summed E-state index contributed by atoms with van der Waals surface area (Å²) in [5.74, 6) is 0. The quantitative estimate of drug-likeness (QED) is 0.584. The van der Waals surface area contributed by atoms with Crippen molar-refractivity contribution in [3.63, 3.8) is 0 Å². The fourth-order valence-electron chi connectivity index (χ4n) is 1.43. The topological polar surface area (TPSA) is 83.8 Å². The second kappa shape index (κ2) is 6.49. The summed E-state index contributed by atoms with van der Waals surface area (Å²) >= 11 is 5.85.